The van der Waals surface area contributed by atoms with Crippen LogP contribution in [-0.2, 0) is 24.1 Å². The Kier molecular flexibility index (Phi) is 6.26. The third-order valence-corrected chi connectivity index (χ3v) is 5.98. The van der Waals surface area contributed by atoms with Gasteiger partial charge in [0.15, 0.2) is 5.11 Å². The van der Waals surface area contributed by atoms with Crippen molar-refractivity contribution in [2.75, 3.05) is 19.0 Å². The molecule has 0 amide bonds. The van der Waals surface area contributed by atoms with Crippen LogP contribution in [0.2, 0.25) is 0 Å². The molecule has 2 aromatic rings. The number of carbonyl (C=O) groups is 1. The fourth-order valence-electron chi connectivity index (χ4n) is 3.19. The van der Waals surface area contributed by atoms with Crippen LogP contribution in [-0.4, -0.2) is 34.3 Å². The fourth-order valence-corrected chi connectivity index (χ4v) is 4.86. The molecule has 140 valence electrons. The normalized spacial score (nSPS) is 16.0. The van der Waals surface area contributed by atoms with Gasteiger partial charge in [-0.2, -0.15) is 0 Å². The molecule has 0 spiro atoms. The summed E-state index contributed by atoms with van der Waals surface area (Å²) < 4.78 is 7.03. The summed E-state index contributed by atoms with van der Waals surface area (Å²) >= 11 is 7.03. The number of hydrogen-bond acceptors (Lipinski definition) is 5. The number of thiophene rings is 1. The summed E-state index contributed by atoms with van der Waals surface area (Å²) in [6.45, 7) is 3.88. The van der Waals surface area contributed by atoms with Gasteiger partial charge in [0, 0.05) is 30.4 Å². The number of ether oxygens (including phenoxy) is 1. The number of carbonyl (C=O) groups excluding carboxylic acids is 1. The lowest BCUT2D eigenvalue weighted by atomic mass is 9.88. The number of hydrogen-bond donors (Lipinski definition) is 2. The molecule has 0 unspecified atom stereocenters. The second kappa shape index (κ2) is 8.64. The lowest BCUT2D eigenvalue weighted by Gasteiger charge is -2.18. The van der Waals surface area contributed by atoms with Crippen molar-refractivity contribution in [1.29, 1.82) is 0 Å². The average Bonchev–Trinajstić information content (AvgIpc) is 3.25. The van der Waals surface area contributed by atoms with Crippen molar-refractivity contribution < 1.29 is 9.53 Å². The van der Waals surface area contributed by atoms with E-state index >= 15 is 0 Å². The van der Waals surface area contributed by atoms with Gasteiger partial charge in [0.05, 0.1) is 19.0 Å². The van der Waals surface area contributed by atoms with E-state index in [0.717, 1.165) is 49.3 Å². The molecule has 0 radical (unpaired) electrons. The van der Waals surface area contributed by atoms with Crippen molar-refractivity contribution in [2.45, 2.75) is 39.2 Å². The van der Waals surface area contributed by atoms with Crippen molar-refractivity contribution in [3.8, 4) is 0 Å². The van der Waals surface area contributed by atoms with Crippen LogP contribution in [0.3, 0.4) is 0 Å². The highest BCUT2D eigenvalue weighted by molar-refractivity contribution is 7.80. The van der Waals surface area contributed by atoms with Crippen LogP contribution < -0.4 is 10.6 Å². The van der Waals surface area contributed by atoms with E-state index in [1.807, 2.05) is 10.8 Å². The molecule has 2 N–H and O–H groups in total. The molecule has 8 heteroatoms. The van der Waals surface area contributed by atoms with Crippen molar-refractivity contribution in [1.82, 2.24) is 14.9 Å². The van der Waals surface area contributed by atoms with Crippen LogP contribution in [0.1, 0.15) is 40.6 Å². The Morgan fingerprint density at radius 1 is 1.54 bits per heavy atom. The third kappa shape index (κ3) is 4.42. The van der Waals surface area contributed by atoms with Crippen molar-refractivity contribution in [3.63, 3.8) is 0 Å². The van der Waals surface area contributed by atoms with E-state index in [1.165, 1.54) is 12.0 Å². The number of fused-ring (bicyclic) bond motifs is 1. The number of esters is 1. The molecule has 26 heavy (non-hydrogen) atoms. The first-order chi connectivity index (χ1) is 12.6. The Labute approximate surface area is 163 Å². The van der Waals surface area contributed by atoms with E-state index in [-0.39, 0.29) is 5.97 Å². The summed E-state index contributed by atoms with van der Waals surface area (Å²) in [5, 5.41) is 7.75. The van der Waals surface area contributed by atoms with Gasteiger partial charge in [-0.05, 0) is 49.4 Å². The van der Waals surface area contributed by atoms with E-state index in [4.69, 9.17) is 17.0 Å². The van der Waals surface area contributed by atoms with Crippen molar-refractivity contribution in [2.24, 2.45) is 5.92 Å². The Bertz CT molecular complexity index is 771. The summed E-state index contributed by atoms with van der Waals surface area (Å²) in [6.07, 6.45) is 9.48. The molecule has 1 aliphatic carbocycles. The van der Waals surface area contributed by atoms with Gasteiger partial charge < -0.3 is 19.9 Å². The van der Waals surface area contributed by atoms with E-state index in [1.54, 1.807) is 23.9 Å². The van der Waals surface area contributed by atoms with Crippen LogP contribution in [0, 0.1) is 5.92 Å². The number of nitrogens with one attached hydrogen (secondary N) is 2. The molecule has 1 atom stereocenters. The average molecular weight is 393 g/mol. The molecule has 3 rings (SSSR count). The number of aromatic nitrogens is 2. The zero-order valence-electron chi connectivity index (χ0n) is 15.1. The predicted octanol–water partition coefficient (Wildman–Crippen LogP) is 3.23. The molecule has 1 aliphatic rings. The second-order valence-electron chi connectivity index (χ2n) is 6.58. The van der Waals surface area contributed by atoms with Crippen LogP contribution in [0.25, 0.3) is 0 Å². The highest BCUT2D eigenvalue weighted by Gasteiger charge is 2.28. The highest BCUT2D eigenvalue weighted by Crippen LogP contribution is 2.39. The summed E-state index contributed by atoms with van der Waals surface area (Å²) in [4.78, 5) is 17.6. The molecule has 0 aliphatic heterocycles. The molecule has 0 aromatic carbocycles. The molecule has 0 bridgehead atoms. The van der Waals surface area contributed by atoms with Crippen molar-refractivity contribution in [3.05, 3.63) is 34.7 Å². The fraction of sp³-hybridized carbons (Fsp3) is 0.500. The van der Waals surface area contributed by atoms with Gasteiger partial charge in [0.25, 0.3) is 0 Å². The van der Waals surface area contributed by atoms with Gasteiger partial charge in [-0.3, -0.25) is 0 Å². The molecule has 2 aromatic heterocycles. The number of methoxy groups -OCH3 is 1. The van der Waals surface area contributed by atoms with Gasteiger partial charge >= 0.3 is 5.97 Å². The first-order valence-electron chi connectivity index (χ1n) is 8.82. The number of anilines is 1. The van der Waals surface area contributed by atoms with E-state index < -0.39 is 0 Å². The Balaban J connectivity index is 1.61. The standard InChI is InChI=1S/C18H24N4O2S2/c1-12-4-5-13-14(10-12)26-16(15(13)17(23)24-2)21-18(25)20-6-3-8-22-9-7-19-11-22/h7,9,11-12H,3-6,8,10H2,1-2H3,(H2,20,21,25)/t12-/m0/s1. The van der Waals surface area contributed by atoms with Gasteiger partial charge in [0.1, 0.15) is 5.00 Å². The summed E-state index contributed by atoms with van der Waals surface area (Å²) in [6, 6.07) is 0. The van der Waals surface area contributed by atoms with E-state index in [2.05, 4.69) is 22.5 Å². The first kappa shape index (κ1) is 18.8. The summed E-state index contributed by atoms with van der Waals surface area (Å²) in [5.74, 6) is 0.357. The molecule has 2 heterocycles. The highest BCUT2D eigenvalue weighted by atomic mass is 32.1. The quantitative estimate of drug-likeness (QED) is 0.447. The minimum absolute atomic E-state index is 0.289. The van der Waals surface area contributed by atoms with Crippen LogP contribution >= 0.6 is 23.6 Å². The molecule has 6 nitrogen and oxygen atoms in total. The lowest BCUT2D eigenvalue weighted by Crippen LogP contribution is -2.30. The maximum Gasteiger partial charge on any atom is 0.341 e. The largest absolute Gasteiger partial charge is 0.465 e. The number of thiocarbonyl (C=S) groups is 1. The SMILES string of the molecule is COC(=O)c1c(NC(=S)NCCCn2ccnc2)sc2c1CC[C@H](C)C2. The Morgan fingerprint density at radius 3 is 3.12 bits per heavy atom. The van der Waals surface area contributed by atoms with Crippen molar-refractivity contribution >= 4 is 39.6 Å². The smallest absolute Gasteiger partial charge is 0.341 e. The second-order valence-corrected chi connectivity index (χ2v) is 8.10. The van der Waals surface area contributed by atoms with E-state index in [0.29, 0.717) is 16.6 Å². The minimum Gasteiger partial charge on any atom is -0.465 e. The third-order valence-electron chi connectivity index (χ3n) is 4.57. The Morgan fingerprint density at radius 2 is 2.38 bits per heavy atom. The molecular formula is C18H24N4O2S2. The maximum absolute atomic E-state index is 12.3. The number of imidazole rings is 1. The number of nitrogens with zero attached hydrogens (tertiary/aromatic N) is 2. The summed E-state index contributed by atoms with van der Waals surface area (Å²) in [5.41, 5.74) is 1.78. The number of aryl methyl sites for hydroxylation is 1. The molecule has 0 saturated carbocycles. The monoisotopic (exact) mass is 392 g/mol. The van der Waals surface area contributed by atoms with E-state index in [9.17, 15) is 4.79 Å². The van der Waals surface area contributed by atoms with Crippen LogP contribution in [0.4, 0.5) is 5.00 Å². The van der Waals surface area contributed by atoms with Gasteiger partial charge in [-0.1, -0.05) is 6.92 Å². The summed E-state index contributed by atoms with van der Waals surface area (Å²) in [7, 11) is 1.42. The maximum atomic E-state index is 12.3. The van der Waals surface area contributed by atoms with Gasteiger partial charge in [0.2, 0.25) is 0 Å². The van der Waals surface area contributed by atoms with Gasteiger partial charge in [-0.15, -0.1) is 11.3 Å². The number of rotatable bonds is 6. The molecule has 0 fully saturated rings. The Hall–Kier alpha value is -1.93. The van der Waals surface area contributed by atoms with Gasteiger partial charge in [-0.25, -0.2) is 9.78 Å². The predicted molar refractivity (Wildman–Crippen MR) is 108 cm³/mol. The zero-order chi connectivity index (χ0) is 18.5. The van der Waals surface area contributed by atoms with Crippen LogP contribution in [0.15, 0.2) is 18.7 Å². The molecule has 0 saturated heterocycles. The topological polar surface area (TPSA) is 68.2 Å². The lowest BCUT2D eigenvalue weighted by molar-refractivity contribution is 0.0601. The van der Waals surface area contributed by atoms with Crippen LogP contribution in [0.5, 0.6) is 0 Å². The zero-order valence-corrected chi connectivity index (χ0v) is 16.7. The first-order valence-corrected chi connectivity index (χ1v) is 10.0. The minimum atomic E-state index is -0.289. The molecular weight excluding hydrogens is 368 g/mol.